The molecule has 8 heteroatoms. The highest BCUT2D eigenvalue weighted by molar-refractivity contribution is 5.42. The molecule has 8 nitrogen and oxygen atoms in total. The molecule has 2 saturated heterocycles. The minimum Gasteiger partial charge on any atom is -0.491 e. The van der Waals surface area contributed by atoms with Crippen LogP contribution in [0.1, 0.15) is 197 Å². The molecule has 384 valence electrons. The molecule has 2 unspecified atom stereocenters. The van der Waals surface area contributed by atoms with Gasteiger partial charge in [0, 0.05) is 67.0 Å². The molecule has 67 heavy (non-hydrogen) atoms. The molecule has 0 spiro atoms. The van der Waals surface area contributed by atoms with Crippen LogP contribution in [0.3, 0.4) is 0 Å². The third-order valence-corrected chi connectivity index (χ3v) is 16.8. The maximum Gasteiger partial charge on any atom is 0.119 e. The van der Waals surface area contributed by atoms with E-state index in [0.717, 1.165) is 63.4 Å². The van der Waals surface area contributed by atoms with Crippen LogP contribution in [0.4, 0.5) is 0 Å². The molecule has 2 atom stereocenters. The maximum absolute atomic E-state index is 6.49. The molecule has 0 aromatic heterocycles. The number of likely N-dealkylation sites (tertiary alicyclic amines) is 2. The van der Waals surface area contributed by atoms with Gasteiger partial charge in [-0.2, -0.15) is 0 Å². The first-order valence-corrected chi connectivity index (χ1v) is 27.1. The lowest BCUT2D eigenvalue weighted by Crippen LogP contribution is -2.63. The van der Waals surface area contributed by atoms with Crippen LogP contribution >= 0.6 is 0 Å². The van der Waals surface area contributed by atoms with Gasteiger partial charge in [-0.25, -0.2) is 0 Å². The lowest BCUT2D eigenvalue weighted by Gasteiger charge is -2.56. The van der Waals surface area contributed by atoms with E-state index in [1.54, 1.807) is 0 Å². The van der Waals surface area contributed by atoms with E-state index >= 15 is 0 Å². The second-order valence-corrected chi connectivity index (χ2v) is 24.0. The first-order valence-electron chi connectivity index (χ1n) is 27.1. The molecule has 0 N–H and O–H groups in total. The molecule has 2 aromatic carbocycles. The molecule has 0 saturated carbocycles. The van der Waals surface area contributed by atoms with Gasteiger partial charge >= 0.3 is 0 Å². The number of ether oxygens (including phenoxy) is 4. The Labute approximate surface area is 413 Å². The number of unbranched alkanes of at least 4 members (excludes halogenated alkanes) is 10. The summed E-state index contributed by atoms with van der Waals surface area (Å²) in [7, 11) is 8.31. The first-order chi connectivity index (χ1) is 31.6. The van der Waals surface area contributed by atoms with E-state index in [9.17, 15) is 0 Å². The molecule has 4 rings (SSSR count). The van der Waals surface area contributed by atoms with E-state index in [1.807, 2.05) is 14.2 Å². The fourth-order valence-corrected chi connectivity index (χ4v) is 11.6. The first kappa shape index (κ1) is 57.4. The minimum absolute atomic E-state index is 0.00923. The topological polar surface area (TPSA) is 49.9 Å². The maximum atomic E-state index is 6.49. The van der Waals surface area contributed by atoms with Gasteiger partial charge in [0.15, 0.2) is 0 Å². The standard InChI is InChI=1S/C59H104N4O4/c1-17-19-21-23-25-27-37-62(49-39-55(3,4)60(13)56(5,6)40-49)43-53(64-15)45-66-51-33-29-47(30-34-51)59(11,12)48-31-35-52(36-32-48)67-46-54(65-16)44-63(38-28-26-24-22-20-18-2)50-41-57(7,8)61(14)58(9,10)42-50/h29-36,49-50,53-54H,17-28,37-46H2,1-16H3. The Morgan fingerprint density at radius 3 is 1.10 bits per heavy atom. The zero-order chi connectivity index (χ0) is 49.5. The van der Waals surface area contributed by atoms with Crippen LogP contribution in [0.15, 0.2) is 48.5 Å². The summed E-state index contributed by atoms with van der Waals surface area (Å²) >= 11 is 0. The van der Waals surface area contributed by atoms with Crippen molar-refractivity contribution in [2.75, 3.05) is 67.7 Å². The van der Waals surface area contributed by atoms with Crippen molar-refractivity contribution < 1.29 is 18.9 Å². The van der Waals surface area contributed by atoms with Crippen LogP contribution in [-0.2, 0) is 14.9 Å². The zero-order valence-corrected chi connectivity index (χ0v) is 46.4. The van der Waals surface area contributed by atoms with Crippen LogP contribution in [0.5, 0.6) is 11.5 Å². The number of piperidine rings is 2. The molecular weight excluding hydrogens is 829 g/mol. The average molecular weight is 934 g/mol. The van der Waals surface area contributed by atoms with E-state index in [2.05, 4.69) is 165 Å². The van der Waals surface area contributed by atoms with E-state index in [1.165, 1.54) is 88.2 Å². The predicted octanol–water partition coefficient (Wildman–Crippen LogP) is 13.4. The number of hydrogen-bond donors (Lipinski definition) is 0. The predicted molar refractivity (Wildman–Crippen MR) is 285 cm³/mol. The lowest BCUT2D eigenvalue weighted by molar-refractivity contribution is -0.0612. The van der Waals surface area contributed by atoms with Gasteiger partial charge in [-0.1, -0.05) is 116 Å². The van der Waals surface area contributed by atoms with Gasteiger partial charge in [-0.3, -0.25) is 19.6 Å². The molecule has 2 heterocycles. The SMILES string of the molecule is CCCCCCCCN(CC(COc1ccc(C(C)(C)c2ccc(OCC(CN(CCCCCCCC)C3CC(C)(C)N(C)C(C)(C)C3)OC)cc2)cc1)OC)C1CC(C)(C)N(C)C(C)(C)C1. The van der Waals surface area contributed by atoms with Gasteiger partial charge in [0.05, 0.1) is 0 Å². The second kappa shape index (κ2) is 26.3. The number of methoxy groups -OCH3 is 2. The summed E-state index contributed by atoms with van der Waals surface area (Å²) in [5, 5.41) is 0. The van der Waals surface area contributed by atoms with Crippen LogP contribution in [0.25, 0.3) is 0 Å². The van der Waals surface area contributed by atoms with E-state index < -0.39 is 0 Å². The second-order valence-electron chi connectivity index (χ2n) is 24.0. The third-order valence-electron chi connectivity index (χ3n) is 16.8. The van der Waals surface area contributed by atoms with E-state index in [4.69, 9.17) is 18.9 Å². The van der Waals surface area contributed by atoms with Gasteiger partial charge < -0.3 is 18.9 Å². The molecule has 2 aromatic rings. The summed E-state index contributed by atoms with van der Waals surface area (Å²) in [6.45, 7) is 33.6. The number of nitrogens with zero attached hydrogens (tertiary/aromatic N) is 4. The lowest BCUT2D eigenvalue weighted by atomic mass is 9.76. The Hall–Kier alpha value is -2.20. The third kappa shape index (κ3) is 17.0. The zero-order valence-electron chi connectivity index (χ0n) is 46.4. The van der Waals surface area contributed by atoms with Crippen LogP contribution in [0.2, 0.25) is 0 Å². The normalized spacial score (nSPS) is 20.1. The number of benzene rings is 2. The van der Waals surface area contributed by atoms with Gasteiger partial charge in [0.1, 0.15) is 36.9 Å². The van der Waals surface area contributed by atoms with Gasteiger partial charge in [0.2, 0.25) is 0 Å². The smallest absolute Gasteiger partial charge is 0.119 e. The summed E-state index contributed by atoms with van der Waals surface area (Å²) in [6.07, 6.45) is 20.3. The molecule has 0 aliphatic carbocycles. The van der Waals surface area contributed by atoms with Gasteiger partial charge in [-0.05, 0) is 156 Å². The summed E-state index contributed by atoms with van der Waals surface area (Å²) in [6, 6.07) is 18.5. The Balaban J connectivity index is 1.35. The van der Waals surface area contributed by atoms with E-state index in [-0.39, 0.29) is 39.8 Å². The van der Waals surface area contributed by atoms with Crippen LogP contribution < -0.4 is 9.47 Å². The molecular formula is C59H104N4O4. The summed E-state index contributed by atoms with van der Waals surface area (Å²) < 4.78 is 25.3. The number of hydrogen-bond acceptors (Lipinski definition) is 8. The number of rotatable bonds is 30. The Kier molecular flexibility index (Phi) is 22.5. The molecule has 2 fully saturated rings. The molecule has 2 aliphatic heterocycles. The average Bonchev–Trinajstić information content (AvgIpc) is 3.28. The van der Waals surface area contributed by atoms with Crippen molar-refractivity contribution in [1.82, 2.24) is 19.6 Å². The van der Waals surface area contributed by atoms with Crippen molar-refractivity contribution in [3.63, 3.8) is 0 Å². The van der Waals surface area contributed by atoms with Crippen molar-refractivity contribution in [3.8, 4) is 11.5 Å². The fourth-order valence-electron chi connectivity index (χ4n) is 11.6. The summed E-state index contributed by atoms with van der Waals surface area (Å²) in [5.41, 5.74) is 2.87. The Morgan fingerprint density at radius 2 is 0.806 bits per heavy atom. The van der Waals surface area contributed by atoms with Crippen molar-refractivity contribution in [2.45, 2.75) is 238 Å². The van der Waals surface area contributed by atoms with Crippen LogP contribution in [-0.4, -0.2) is 134 Å². The van der Waals surface area contributed by atoms with E-state index in [0.29, 0.717) is 25.3 Å². The fraction of sp³-hybridized carbons (Fsp3) is 0.797. The van der Waals surface area contributed by atoms with Crippen LogP contribution in [0, 0.1) is 0 Å². The molecule has 0 amide bonds. The quantitative estimate of drug-likeness (QED) is 0.0718. The molecule has 0 radical (unpaired) electrons. The van der Waals surface area contributed by atoms with Crippen molar-refractivity contribution in [1.29, 1.82) is 0 Å². The van der Waals surface area contributed by atoms with Gasteiger partial charge in [0.25, 0.3) is 0 Å². The largest absolute Gasteiger partial charge is 0.491 e. The van der Waals surface area contributed by atoms with Crippen molar-refractivity contribution >= 4 is 0 Å². The highest BCUT2D eigenvalue weighted by Gasteiger charge is 2.46. The highest BCUT2D eigenvalue weighted by Crippen LogP contribution is 2.41. The van der Waals surface area contributed by atoms with Crippen molar-refractivity contribution in [2.24, 2.45) is 0 Å². The Bertz CT molecular complexity index is 1520. The molecule has 0 bridgehead atoms. The minimum atomic E-state index is -0.194. The van der Waals surface area contributed by atoms with Crippen molar-refractivity contribution in [3.05, 3.63) is 59.7 Å². The monoisotopic (exact) mass is 933 g/mol. The highest BCUT2D eigenvalue weighted by atomic mass is 16.5. The summed E-state index contributed by atoms with van der Waals surface area (Å²) in [5.74, 6) is 1.77. The summed E-state index contributed by atoms with van der Waals surface area (Å²) in [4.78, 5) is 10.7. The Morgan fingerprint density at radius 1 is 0.507 bits per heavy atom. The van der Waals surface area contributed by atoms with Gasteiger partial charge in [-0.15, -0.1) is 0 Å². The molecule has 2 aliphatic rings.